The van der Waals surface area contributed by atoms with Gasteiger partial charge in [0.05, 0.1) is 0 Å². The van der Waals surface area contributed by atoms with Crippen molar-refractivity contribution in [2.75, 3.05) is 13.2 Å². The van der Waals surface area contributed by atoms with Crippen molar-refractivity contribution in [3.8, 4) is 0 Å². The SMILES string of the molecule is CC(=O)N[C@]1(COC(C)=O)C(=O)O[C@H](CCO)[C@@H]1OC(C)=O. The van der Waals surface area contributed by atoms with Crippen LogP contribution < -0.4 is 5.32 Å². The van der Waals surface area contributed by atoms with E-state index in [1.54, 1.807) is 0 Å². The van der Waals surface area contributed by atoms with E-state index >= 15 is 0 Å². The highest BCUT2D eigenvalue weighted by Crippen LogP contribution is 2.31. The molecule has 1 heterocycles. The van der Waals surface area contributed by atoms with E-state index in [9.17, 15) is 19.2 Å². The number of carbonyl (C=O) groups excluding carboxylic acids is 4. The van der Waals surface area contributed by atoms with E-state index in [-0.39, 0.29) is 13.0 Å². The Balaban J connectivity index is 3.19. The average molecular weight is 317 g/mol. The highest BCUT2D eigenvalue weighted by atomic mass is 16.6. The number of hydrogen-bond donors (Lipinski definition) is 2. The zero-order chi connectivity index (χ0) is 16.9. The number of aliphatic hydroxyl groups excluding tert-OH is 1. The summed E-state index contributed by atoms with van der Waals surface area (Å²) >= 11 is 0. The standard InChI is InChI=1S/C13H19NO8/c1-7(16)14-13(6-20-8(2)17)11(21-9(3)18)10(4-5-15)22-12(13)19/h10-11,15H,4-6H2,1-3H3,(H,14,16)/t10-,11+,13+/m1/s1. The number of rotatable bonds is 6. The summed E-state index contributed by atoms with van der Waals surface area (Å²) in [5.74, 6) is -2.87. The molecule has 9 heteroatoms. The average Bonchev–Trinajstić information content (AvgIpc) is 2.61. The van der Waals surface area contributed by atoms with E-state index in [0.717, 1.165) is 20.8 Å². The minimum Gasteiger partial charge on any atom is -0.463 e. The van der Waals surface area contributed by atoms with E-state index in [1.165, 1.54) is 0 Å². The molecule has 9 nitrogen and oxygen atoms in total. The molecule has 0 aromatic rings. The minimum atomic E-state index is -1.83. The summed E-state index contributed by atoms with van der Waals surface area (Å²) in [5.41, 5.74) is -1.83. The molecule has 0 bridgehead atoms. The molecule has 1 saturated heterocycles. The summed E-state index contributed by atoms with van der Waals surface area (Å²) in [4.78, 5) is 46.0. The molecule has 0 saturated carbocycles. The van der Waals surface area contributed by atoms with Gasteiger partial charge in [0.2, 0.25) is 11.4 Å². The van der Waals surface area contributed by atoms with Gasteiger partial charge in [-0.1, -0.05) is 0 Å². The van der Waals surface area contributed by atoms with Gasteiger partial charge in [-0.15, -0.1) is 0 Å². The van der Waals surface area contributed by atoms with Crippen LogP contribution in [0, 0.1) is 0 Å². The van der Waals surface area contributed by atoms with Gasteiger partial charge in [-0.05, 0) is 0 Å². The van der Waals surface area contributed by atoms with Gasteiger partial charge in [-0.2, -0.15) is 0 Å². The fourth-order valence-corrected chi connectivity index (χ4v) is 2.26. The zero-order valence-electron chi connectivity index (χ0n) is 12.6. The summed E-state index contributed by atoms with van der Waals surface area (Å²) in [6.07, 6.45) is -2.16. The third-order valence-electron chi connectivity index (χ3n) is 3.05. The van der Waals surface area contributed by atoms with Gasteiger partial charge < -0.3 is 24.6 Å². The van der Waals surface area contributed by atoms with Crippen molar-refractivity contribution in [1.29, 1.82) is 0 Å². The molecule has 124 valence electrons. The Hall–Kier alpha value is -2.16. The number of hydrogen-bond acceptors (Lipinski definition) is 8. The van der Waals surface area contributed by atoms with Crippen LogP contribution in [0.3, 0.4) is 0 Å². The summed E-state index contributed by atoms with van der Waals surface area (Å²) < 4.78 is 15.0. The third-order valence-corrected chi connectivity index (χ3v) is 3.05. The first-order valence-corrected chi connectivity index (χ1v) is 6.64. The lowest BCUT2D eigenvalue weighted by Crippen LogP contribution is -2.63. The maximum Gasteiger partial charge on any atom is 0.340 e. The summed E-state index contributed by atoms with van der Waals surface area (Å²) in [7, 11) is 0. The van der Waals surface area contributed by atoms with Crippen molar-refractivity contribution in [3.63, 3.8) is 0 Å². The molecule has 0 unspecified atom stereocenters. The van der Waals surface area contributed by atoms with Crippen molar-refractivity contribution in [2.45, 2.75) is 44.9 Å². The van der Waals surface area contributed by atoms with Gasteiger partial charge in [0.25, 0.3) is 0 Å². The Kier molecular flexibility index (Phi) is 5.86. The lowest BCUT2D eigenvalue weighted by molar-refractivity contribution is -0.159. The molecule has 22 heavy (non-hydrogen) atoms. The summed E-state index contributed by atoms with van der Waals surface area (Å²) in [6.45, 7) is 2.56. The second-order valence-electron chi connectivity index (χ2n) is 4.92. The van der Waals surface area contributed by atoms with Crippen LogP contribution in [-0.4, -0.2) is 59.9 Å². The van der Waals surface area contributed by atoms with Crippen molar-refractivity contribution < 1.29 is 38.5 Å². The zero-order valence-corrected chi connectivity index (χ0v) is 12.6. The van der Waals surface area contributed by atoms with E-state index < -0.39 is 48.2 Å². The highest BCUT2D eigenvalue weighted by molar-refractivity contribution is 5.91. The van der Waals surface area contributed by atoms with Gasteiger partial charge in [0.1, 0.15) is 12.7 Å². The van der Waals surface area contributed by atoms with Crippen LogP contribution in [0.4, 0.5) is 0 Å². The number of esters is 3. The van der Waals surface area contributed by atoms with E-state index in [0.29, 0.717) is 0 Å². The van der Waals surface area contributed by atoms with Crippen LogP contribution in [0.1, 0.15) is 27.2 Å². The Morgan fingerprint density at radius 1 is 1.27 bits per heavy atom. The van der Waals surface area contributed by atoms with Crippen LogP contribution in [0.5, 0.6) is 0 Å². The number of amides is 1. The Morgan fingerprint density at radius 2 is 1.91 bits per heavy atom. The lowest BCUT2D eigenvalue weighted by atomic mass is 9.91. The second kappa shape index (κ2) is 7.21. The molecule has 1 aliphatic rings. The van der Waals surface area contributed by atoms with Crippen LogP contribution in [0.25, 0.3) is 0 Å². The Morgan fingerprint density at radius 3 is 2.36 bits per heavy atom. The molecular formula is C13H19NO8. The molecule has 1 fully saturated rings. The first-order valence-electron chi connectivity index (χ1n) is 6.64. The fraction of sp³-hybridized carbons (Fsp3) is 0.692. The predicted molar refractivity (Wildman–Crippen MR) is 70.3 cm³/mol. The fourth-order valence-electron chi connectivity index (χ4n) is 2.26. The molecule has 1 amide bonds. The second-order valence-corrected chi connectivity index (χ2v) is 4.92. The van der Waals surface area contributed by atoms with Crippen LogP contribution in [-0.2, 0) is 33.4 Å². The quantitative estimate of drug-likeness (QED) is 0.455. The monoisotopic (exact) mass is 317 g/mol. The molecule has 0 radical (unpaired) electrons. The van der Waals surface area contributed by atoms with Crippen LogP contribution in [0.2, 0.25) is 0 Å². The smallest absolute Gasteiger partial charge is 0.340 e. The van der Waals surface area contributed by atoms with Gasteiger partial charge in [-0.25, -0.2) is 4.79 Å². The van der Waals surface area contributed by atoms with Crippen molar-refractivity contribution in [3.05, 3.63) is 0 Å². The van der Waals surface area contributed by atoms with E-state index in [1.807, 2.05) is 0 Å². The van der Waals surface area contributed by atoms with E-state index in [2.05, 4.69) is 5.32 Å². The summed E-state index contributed by atoms with van der Waals surface area (Å²) in [5, 5.41) is 11.4. The number of ether oxygens (including phenoxy) is 3. The Labute approximate surface area is 126 Å². The third kappa shape index (κ3) is 3.94. The van der Waals surface area contributed by atoms with Gasteiger partial charge in [-0.3, -0.25) is 14.4 Å². The molecule has 1 rings (SSSR count). The lowest BCUT2D eigenvalue weighted by Gasteiger charge is -2.31. The first kappa shape index (κ1) is 17.9. The van der Waals surface area contributed by atoms with Gasteiger partial charge in [0, 0.05) is 33.8 Å². The molecule has 2 N–H and O–H groups in total. The normalized spacial score (nSPS) is 27.0. The molecular weight excluding hydrogens is 298 g/mol. The van der Waals surface area contributed by atoms with E-state index in [4.69, 9.17) is 19.3 Å². The van der Waals surface area contributed by atoms with Crippen LogP contribution >= 0.6 is 0 Å². The minimum absolute atomic E-state index is 0.00505. The topological polar surface area (TPSA) is 128 Å². The predicted octanol–water partition coefficient (Wildman–Crippen LogP) is -1.34. The van der Waals surface area contributed by atoms with Crippen LogP contribution in [0.15, 0.2) is 0 Å². The first-order chi connectivity index (χ1) is 10.2. The largest absolute Gasteiger partial charge is 0.463 e. The molecule has 3 atom stereocenters. The van der Waals surface area contributed by atoms with Crippen molar-refractivity contribution in [1.82, 2.24) is 5.32 Å². The number of cyclic esters (lactones) is 1. The maximum atomic E-state index is 12.2. The van der Waals surface area contributed by atoms with Crippen molar-refractivity contribution >= 4 is 23.8 Å². The highest BCUT2D eigenvalue weighted by Gasteiger charge is 2.61. The summed E-state index contributed by atoms with van der Waals surface area (Å²) in [6, 6.07) is 0. The molecule has 0 aromatic carbocycles. The van der Waals surface area contributed by atoms with Gasteiger partial charge >= 0.3 is 17.9 Å². The number of carbonyl (C=O) groups is 4. The number of nitrogens with one attached hydrogen (secondary N) is 1. The van der Waals surface area contributed by atoms with Crippen molar-refractivity contribution in [2.24, 2.45) is 0 Å². The van der Waals surface area contributed by atoms with Gasteiger partial charge in [0.15, 0.2) is 6.10 Å². The molecule has 0 aromatic heterocycles. The molecule has 0 spiro atoms. The molecule has 0 aliphatic carbocycles. The Bertz CT molecular complexity index is 477. The maximum absolute atomic E-state index is 12.2. The number of aliphatic hydroxyl groups is 1. The molecule has 1 aliphatic heterocycles.